The molecule has 1 rings (SSSR count). The smallest absolute Gasteiger partial charge is 0.264 e. The fraction of sp³-hybridized carbons (Fsp3) is 0.417. The van der Waals surface area contributed by atoms with Crippen molar-refractivity contribution in [3.63, 3.8) is 0 Å². The van der Waals surface area contributed by atoms with Crippen molar-refractivity contribution < 1.29 is 26.7 Å². The normalized spacial score (nSPS) is 13.0. The molecule has 9 heteroatoms. The molecule has 0 spiro atoms. The number of hydrogen-bond donors (Lipinski definition) is 1. The first-order chi connectivity index (χ1) is 9.66. The van der Waals surface area contributed by atoms with Gasteiger partial charge in [-0.15, -0.1) is 0 Å². The minimum Gasteiger partial charge on any atom is -0.380 e. The molecule has 0 heterocycles. The maximum Gasteiger partial charge on any atom is 0.264 e. The van der Waals surface area contributed by atoms with Crippen molar-refractivity contribution in [1.82, 2.24) is 5.32 Å². The second-order valence-electron chi connectivity index (χ2n) is 4.24. The Hall–Kier alpha value is -1.25. The van der Waals surface area contributed by atoms with Crippen molar-refractivity contribution in [1.29, 1.82) is 0 Å². The molecule has 0 saturated heterocycles. The molecule has 0 saturated carbocycles. The second kappa shape index (κ2) is 7.15. The number of hydrogen-bond acceptors (Lipinski definition) is 4. The summed E-state index contributed by atoms with van der Waals surface area (Å²) < 4.78 is 54.7. The Kier molecular flexibility index (Phi) is 6.06. The fourth-order valence-corrected chi connectivity index (χ4v) is 2.46. The molecule has 118 valence electrons. The number of carbonyl (C=O) groups excluding carboxylic acids is 1. The van der Waals surface area contributed by atoms with Crippen molar-refractivity contribution in [2.45, 2.75) is 24.8 Å². The summed E-state index contributed by atoms with van der Waals surface area (Å²) in [6.07, 6.45) is 0. The molecule has 0 radical (unpaired) electrons. The van der Waals surface area contributed by atoms with Crippen LogP contribution in [-0.2, 0) is 13.8 Å². The van der Waals surface area contributed by atoms with Crippen molar-refractivity contribution in [3.8, 4) is 0 Å². The number of amides is 1. The Balaban J connectivity index is 3.08. The van der Waals surface area contributed by atoms with Gasteiger partial charge in [-0.1, -0.05) is 0 Å². The number of nitrogens with one attached hydrogen (secondary N) is 1. The first kappa shape index (κ1) is 17.8. The van der Waals surface area contributed by atoms with Crippen LogP contribution in [0.15, 0.2) is 17.0 Å². The van der Waals surface area contributed by atoms with E-state index in [-0.39, 0.29) is 6.61 Å². The first-order valence-electron chi connectivity index (χ1n) is 5.99. The largest absolute Gasteiger partial charge is 0.380 e. The summed E-state index contributed by atoms with van der Waals surface area (Å²) in [6.45, 7) is 3.98. The topological polar surface area (TPSA) is 72.5 Å². The maximum absolute atomic E-state index is 14.0. The molecule has 0 aliphatic carbocycles. The van der Waals surface area contributed by atoms with Gasteiger partial charge in [-0.3, -0.25) is 4.79 Å². The Bertz CT molecular complexity index is 636. The Morgan fingerprint density at radius 2 is 2.05 bits per heavy atom. The molecule has 0 aliphatic rings. The lowest BCUT2D eigenvalue weighted by atomic mass is 10.2. The molecule has 5 nitrogen and oxygen atoms in total. The van der Waals surface area contributed by atoms with E-state index in [9.17, 15) is 22.0 Å². The zero-order valence-corrected chi connectivity index (χ0v) is 12.9. The van der Waals surface area contributed by atoms with Crippen LogP contribution >= 0.6 is 10.7 Å². The van der Waals surface area contributed by atoms with Crippen LogP contribution in [0.1, 0.15) is 24.2 Å². The van der Waals surface area contributed by atoms with Crippen LogP contribution in [0.4, 0.5) is 8.78 Å². The molecular formula is C12H14ClF2NO4S. The quantitative estimate of drug-likeness (QED) is 0.804. The lowest BCUT2D eigenvalue weighted by molar-refractivity contribution is 0.0867. The molecule has 21 heavy (non-hydrogen) atoms. The Morgan fingerprint density at radius 3 is 2.57 bits per heavy atom. The highest BCUT2D eigenvalue weighted by atomic mass is 35.7. The lowest BCUT2D eigenvalue weighted by Crippen LogP contribution is -2.36. The van der Waals surface area contributed by atoms with Gasteiger partial charge in [-0.25, -0.2) is 17.2 Å². The van der Waals surface area contributed by atoms with E-state index < -0.39 is 43.1 Å². The average Bonchev–Trinajstić information content (AvgIpc) is 2.37. The summed E-state index contributed by atoms with van der Waals surface area (Å²) in [4.78, 5) is 10.8. The summed E-state index contributed by atoms with van der Waals surface area (Å²) in [5.74, 6) is -3.44. The van der Waals surface area contributed by atoms with Gasteiger partial charge in [0.2, 0.25) is 0 Å². The third kappa shape index (κ3) is 4.90. The molecule has 0 bridgehead atoms. The summed E-state index contributed by atoms with van der Waals surface area (Å²) in [5.41, 5.74) is -0.738. The monoisotopic (exact) mass is 341 g/mol. The van der Waals surface area contributed by atoms with E-state index in [4.69, 9.17) is 15.4 Å². The van der Waals surface area contributed by atoms with Crippen LogP contribution in [-0.4, -0.2) is 33.6 Å². The van der Waals surface area contributed by atoms with Gasteiger partial charge in [-0.2, -0.15) is 0 Å². The highest BCUT2D eigenvalue weighted by molar-refractivity contribution is 8.13. The highest BCUT2D eigenvalue weighted by Crippen LogP contribution is 2.23. The molecule has 1 aromatic carbocycles. The van der Waals surface area contributed by atoms with E-state index in [0.717, 1.165) is 0 Å². The predicted molar refractivity (Wildman–Crippen MR) is 72.8 cm³/mol. The van der Waals surface area contributed by atoms with Crippen LogP contribution in [0.5, 0.6) is 0 Å². The lowest BCUT2D eigenvalue weighted by Gasteiger charge is -2.14. The number of halogens is 3. The van der Waals surface area contributed by atoms with Gasteiger partial charge in [0.25, 0.3) is 15.0 Å². The predicted octanol–water partition coefficient (Wildman–Crippen LogP) is 2.05. The molecule has 0 aliphatic heterocycles. The molecule has 1 unspecified atom stereocenters. The zero-order valence-electron chi connectivity index (χ0n) is 11.3. The van der Waals surface area contributed by atoms with Crippen molar-refractivity contribution in [2.24, 2.45) is 0 Å². The van der Waals surface area contributed by atoms with Crippen LogP contribution in [0.3, 0.4) is 0 Å². The first-order valence-corrected chi connectivity index (χ1v) is 8.30. The molecule has 0 fully saturated rings. The highest BCUT2D eigenvalue weighted by Gasteiger charge is 2.24. The standard InChI is InChI=1S/C12H14ClF2NO4S/c1-3-20-6-7(2)16-12(17)9-4-8(14)5-10(11(9)15)21(13,18)19/h4-5,7H,3,6H2,1-2H3,(H,16,17). The zero-order chi connectivity index (χ0) is 16.2. The maximum atomic E-state index is 14.0. The van der Waals surface area contributed by atoms with Crippen molar-refractivity contribution in [2.75, 3.05) is 13.2 Å². The molecule has 1 N–H and O–H groups in total. The number of rotatable bonds is 6. The molecule has 0 aromatic heterocycles. The minimum absolute atomic E-state index is 0.180. The van der Waals surface area contributed by atoms with Gasteiger partial charge in [0.15, 0.2) is 5.82 Å². The van der Waals surface area contributed by atoms with E-state index in [1.165, 1.54) is 0 Å². The van der Waals surface area contributed by atoms with Crippen LogP contribution in [0, 0.1) is 11.6 Å². The third-order valence-corrected chi connectivity index (χ3v) is 3.78. The van der Waals surface area contributed by atoms with Crippen molar-refractivity contribution >= 4 is 25.6 Å². The number of benzene rings is 1. The molecule has 1 atom stereocenters. The fourth-order valence-electron chi connectivity index (χ4n) is 1.54. The summed E-state index contributed by atoms with van der Waals surface area (Å²) in [5, 5.41) is 2.37. The third-order valence-electron chi connectivity index (χ3n) is 2.46. The van der Waals surface area contributed by atoms with E-state index in [1.807, 2.05) is 0 Å². The van der Waals surface area contributed by atoms with E-state index in [1.54, 1.807) is 13.8 Å². The van der Waals surface area contributed by atoms with Gasteiger partial charge >= 0.3 is 0 Å². The Labute approximate surface area is 125 Å². The second-order valence-corrected chi connectivity index (χ2v) is 6.77. The van der Waals surface area contributed by atoms with Gasteiger partial charge in [-0.05, 0) is 26.0 Å². The van der Waals surface area contributed by atoms with Crippen molar-refractivity contribution in [3.05, 3.63) is 29.3 Å². The van der Waals surface area contributed by atoms with Crippen LogP contribution in [0.25, 0.3) is 0 Å². The number of carbonyl (C=O) groups is 1. The molecular weight excluding hydrogens is 328 g/mol. The van der Waals surface area contributed by atoms with E-state index in [0.29, 0.717) is 18.7 Å². The van der Waals surface area contributed by atoms with Gasteiger partial charge < -0.3 is 10.1 Å². The molecule has 1 aromatic rings. The van der Waals surface area contributed by atoms with Gasteiger partial charge in [0, 0.05) is 23.3 Å². The Morgan fingerprint density at radius 1 is 1.43 bits per heavy atom. The molecule has 1 amide bonds. The van der Waals surface area contributed by atoms with Crippen LogP contribution in [0.2, 0.25) is 0 Å². The SMILES string of the molecule is CCOCC(C)NC(=O)c1cc(F)cc(S(=O)(=O)Cl)c1F. The summed E-state index contributed by atoms with van der Waals surface area (Å²) in [7, 11) is 0.498. The van der Waals surface area contributed by atoms with Crippen LogP contribution < -0.4 is 5.32 Å². The summed E-state index contributed by atoms with van der Waals surface area (Å²) >= 11 is 0. The average molecular weight is 342 g/mol. The van der Waals surface area contributed by atoms with E-state index >= 15 is 0 Å². The summed E-state index contributed by atoms with van der Waals surface area (Å²) in [6, 6.07) is 0.554. The van der Waals surface area contributed by atoms with Gasteiger partial charge in [0.05, 0.1) is 12.2 Å². The van der Waals surface area contributed by atoms with Gasteiger partial charge in [0.1, 0.15) is 10.7 Å². The minimum atomic E-state index is -4.50. The number of ether oxygens (including phenoxy) is 1. The van der Waals surface area contributed by atoms with E-state index in [2.05, 4.69) is 5.32 Å².